The maximum absolute atomic E-state index is 12.7. The number of nitrogens with one attached hydrogen (secondary N) is 1. The van der Waals surface area contributed by atoms with Gasteiger partial charge in [0.05, 0.1) is 25.8 Å². The van der Waals surface area contributed by atoms with Crippen molar-refractivity contribution in [1.82, 2.24) is 5.32 Å². The van der Waals surface area contributed by atoms with Crippen LogP contribution in [0.5, 0.6) is 5.75 Å². The van der Waals surface area contributed by atoms with Crippen molar-refractivity contribution in [3.8, 4) is 5.75 Å². The van der Waals surface area contributed by atoms with Gasteiger partial charge in [-0.2, -0.15) is 0 Å². The minimum Gasteiger partial charge on any atom is -0.497 e. The van der Waals surface area contributed by atoms with E-state index in [0.717, 1.165) is 34.3 Å². The van der Waals surface area contributed by atoms with E-state index in [9.17, 15) is 4.79 Å². The summed E-state index contributed by atoms with van der Waals surface area (Å²) in [5.41, 5.74) is 2.75. The SMILES string of the molecule is COc1ccc2c(CC(=O)N[C@@H](CC(C)C)c3ccccc3)coc2c1. The third kappa shape index (κ3) is 4.26. The highest BCUT2D eigenvalue weighted by Gasteiger charge is 2.18. The number of ether oxygens (including phenoxy) is 1. The number of benzene rings is 2. The normalized spacial score (nSPS) is 12.3. The van der Waals surface area contributed by atoms with Crippen molar-refractivity contribution in [3.05, 3.63) is 65.9 Å². The van der Waals surface area contributed by atoms with E-state index >= 15 is 0 Å². The Morgan fingerprint density at radius 1 is 1.15 bits per heavy atom. The second-order valence-corrected chi connectivity index (χ2v) is 6.96. The molecule has 0 bridgehead atoms. The lowest BCUT2D eigenvalue weighted by molar-refractivity contribution is -0.121. The lowest BCUT2D eigenvalue weighted by Crippen LogP contribution is -2.30. The van der Waals surface area contributed by atoms with Crippen LogP contribution in [0, 0.1) is 5.92 Å². The van der Waals surface area contributed by atoms with Crippen LogP contribution in [0.15, 0.2) is 59.2 Å². The summed E-state index contributed by atoms with van der Waals surface area (Å²) in [6.45, 7) is 4.33. The Bertz CT molecular complexity index is 867. The first-order valence-corrected chi connectivity index (χ1v) is 8.95. The van der Waals surface area contributed by atoms with Gasteiger partial charge in [-0.3, -0.25) is 4.79 Å². The molecular formula is C22H25NO3. The molecule has 1 heterocycles. The zero-order valence-electron chi connectivity index (χ0n) is 15.5. The molecule has 0 fully saturated rings. The summed E-state index contributed by atoms with van der Waals surface area (Å²) >= 11 is 0. The molecule has 0 spiro atoms. The number of furan rings is 1. The van der Waals surface area contributed by atoms with E-state index in [0.29, 0.717) is 12.3 Å². The van der Waals surface area contributed by atoms with Gasteiger partial charge in [0.25, 0.3) is 0 Å². The van der Waals surface area contributed by atoms with Gasteiger partial charge in [0.2, 0.25) is 5.91 Å². The van der Waals surface area contributed by atoms with Crippen molar-refractivity contribution in [2.45, 2.75) is 32.7 Å². The molecule has 1 atom stereocenters. The van der Waals surface area contributed by atoms with E-state index in [4.69, 9.17) is 9.15 Å². The van der Waals surface area contributed by atoms with E-state index < -0.39 is 0 Å². The van der Waals surface area contributed by atoms with Gasteiger partial charge in [0, 0.05) is 17.0 Å². The van der Waals surface area contributed by atoms with E-state index in [1.807, 2.05) is 36.4 Å². The second kappa shape index (κ2) is 8.09. The molecular weight excluding hydrogens is 326 g/mol. The number of amides is 1. The molecule has 0 aliphatic rings. The number of methoxy groups -OCH3 is 1. The highest BCUT2D eigenvalue weighted by atomic mass is 16.5. The predicted molar refractivity (Wildman–Crippen MR) is 103 cm³/mol. The summed E-state index contributed by atoms with van der Waals surface area (Å²) in [5, 5.41) is 4.13. The van der Waals surface area contributed by atoms with Gasteiger partial charge in [-0.1, -0.05) is 44.2 Å². The number of carbonyl (C=O) groups is 1. The zero-order valence-corrected chi connectivity index (χ0v) is 15.5. The van der Waals surface area contributed by atoms with Crippen LogP contribution in [-0.2, 0) is 11.2 Å². The molecule has 4 nitrogen and oxygen atoms in total. The Morgan fingerprint density at radius 3 is 2.62 bits per heavy atom. The number of rotatable bonds is 7. The lowest BCUT2D eigenvalue weighted by atomic mass is 9.96. The summed E-state index contributed by atoms with van der Waals surface area (Å²) in [4.78, 5) is 12.7. The van der Waals surface area contributed by atoms with Gasteiger partial charge in [0.1, 0.15) is 11.3 Å². The first kappa shape index (κ1) is 18.1. The van der Waals surface area contributed by atoms with E-state index in [1.165, 1.54) is 0 Å². The monoisotopic (exact) mass is 351 g/mol. The number of hydrogen-bond acceptors (Lipinski definition) is 3. The van der Waals surface area contributed by atoms with Crippen LogP contribution < -0.4 is 10.1 Å². The maximum Gasteiger partial charge on any atom is 0.225 e. The fourth-order valence-corrected chi connectivity index (χ4v) is 3.18. The minimum absolute atomic E-state index is 0.00183. The maximum atomic E-state index is 12.7. The summed E-state index contributed by atoms with van der Waals surface area (Å²) in [6, 6.07) is 15.8. The minimum atomic E-state index is -0.00183. The topological polar surface area (TPSA) is 51.5 Å². The van der Waals surface area contributed by atoms with Crippen LogP contribution in [0.25, 0.3) is 11.0 Å². The van der Waals surface area contributed by atoms with Gasteiger partial charge in [-0.25, -0.2) is 0 Å². The van der Waals surface area contributed by atoms with Gasteiger partial charge in [-0.15, -0.1) is 0 Å². The molecule has 3 rings (SSSR count). The first-order chi connectivity index (χ1) is 12.6. The number of fused-ring (bicyclic) bond motifs is 1. The molecule has 0 unspecified atom stereocenters. The fraction of sp³-hybridized carbons (Fsp3) is 0.318. The Kier molecular flexibility index (Phi) is 5.61. The largest absolute Gasteiger partial charge is 0.497 e. The summed E-state index contributed by atoms with van der Waals surface area (Å²) in [7, 11) is 1.62. The van der Waals surface area contributed by atoms with Crippen LogP contribution in [0.1, 0.15) is 37.4 Å². The van der Waals surface area contributed by atoms with Crippen LogP contribution in [0.4, 0.5) is 0 Å². The van der Waals surface area contributed by atoms with Crippen molar-refractivity contribution >= 4 is 16.9 Å². The molecule has 0 saturated heterocycles. The highest BCUT2D eigenvalue weighted by Crippen LogP contribution is 2.26. The van der Waals surface area contributed by atoms with E-state index in [-0.39, 0.29) is 11.9 Å². The van der Waals surface area contributed by atoms with Crippen LogP contribution in [0.3, 0.4) is 0 Å². The average molecular weight is 351 g/mol. The Balaban J connectivity index is 1.74. The molecule has 136 valence electrons. The van der Waals surface area contributed by atoms with Crippen molar-refractivity contribution in [2.75, 3.05) is 7.11 Å². The first-order valence-electron chi connectivity index (χ1n) is 8.95. The summed E-state index contributed by atoms with van der Waals surface area (Å²) in [5.74, 6) is 1.23. The number of carbonyl (C=O) groups excluding carboxylic acids is 1. The Labute approximate surface area is 154 Å². The second-order valence-electron chi connectivity index (χ2n) is 6.96. The standard InChI is InChI=1S/C22H25NO3/c1-15(2)11-20(16-7-5-4-6-8-16)23-22(24)12-17-14-26-21-13-18(25-3)9-10-19(17)21/h4-10,13-15,20H,11-12H2,1-3H3,(H,23,24)/t20-/m0/s1. The third-order valence-corrected chi connectivity index (χ3v) is 4.46. The molecule has 0 aliphatic carbocycles. The quantitative estimate of drug-likeness (QED) is 0.659. The van der Waals surface area contributed by atoms with Crippen LogP contribution in [0.2, 0.25) is 0 Å². The van der Waals surface area contributed by atoms with Crippen molar-refractivity contribution in [3.63, 3.8) is 0 Å². The number of hydrogen-bond donors (Lipinski definition) is 1. The third-order valence-electron chi connectivity index (χ3n) is 4.46. The van der Waals surface area contributed by atoms with Gasteiger partial charge < -0.3 is 14.5 Å². The Hall–Kier alpha value is -2.75. The van der Waals surface area contributed by atoms with Crippen molar-refractivity contribution in [2.24, 2.45) is 5.92 Å². The molecule has 0 aliphatic heterocycles. The molecule has 0 saturated carbocycles. The molecule has 1 amide bonds. The highest BCUT2D eigenvalue weighted by molar-refractivity contribution is 5.88. The summed E-state index contributed by atoms with van der Waals surface area (Å²) < 4.78 is 10.8. The molecule has 2 aromatic carbocycles. The van der Waals surface area contributed by atoms with Gasteiger partial charge in [0.15, 0.2) is 0 Å². The van der Waals surface area contributed by atoms with Crippen LogP contribution >= 0.6 is 0 Å². The van der Waals surface area contributed by atoms with Crippen molar-refractivity contribution in [1.29, 1.82) is 0 Å². The smallest absolute Gasteiger partial charge is 0.225 e. The lowest BCUT2D eigenvalue weighted by Gasteiger charge is -2.21. The zero-order chi connectivity index (χ0) is 18.5. The van der Waals surface area contributed by atoms with Crippen LogP contribution in [-0.4, -0.2) is 13.0 Å². The molecule has 4 heteroatoms. The van der Waals surface area contributed by atoms with E-state index in [2.05, 4.69) is 31.3 Å². The fourth-order valence-electron chi connectivity index (χ4n) is 3.18. The molecule has 1 aromatic heterocycles. The summed E-state index contributed by atoms with van der Waals surface area (Å²) in [6.07, 6.45) is 2.85. The van der Waals surface area contributed by atoms with E-state index in [1.54, 1.807) is 13.4 Å². The predicted octanol–water partition coefficient (Wildman–Crippen LogP) is 4.89. The molecule has 1 N–H and O–H groups in total. The Morgan fingerprint density at radius 2 is 1.92 bits per heavy atom. The average Bonchev–Trinajstić information content (AvgIpc) is 3.03. The molecule has 0 radical (unpaired) electrons. The van der Waals surface area contributed by atoms with Gasteiger partial charge in [-0.05, 0) is 30.0 Å². The molecule has 3 aromatic rings. The van der Waals surface area contributed by atoms with Gasteiger partial charge >= 0.3 is 0 Å². The van der Waals surface area contributed by atoms with Crippen molar-refractivity contribution < 1.29 is 13.9 Å². The molecule has 26 heavy (non-hydrogen) atoms.